The zero-order chi connectivity index (χ0) is 65.0. The number of carbonyl (C=O) groups excluding carboxylic acids is 3. The molecule has 4 fully saturated rings. The lowest BCUT2D eigenvalue weighted by Crippen LogP contribution is -2.51. The molecule has 16 nitrogen and oxygen atoms in total. The Morgan fingerprint density at radius 2 is 0.846 bits per heavy atom. The van der Waals surface area contributed by atoms with E-state index in [9.17, 15) is 24.3 Å². The van der Waals surface area contributed by atoms with Crippen LogP contribution in [0.15, 0.2) is 155 Å². The van der Waals surface area contributed by atoms with Gasteiger partial charge in [-0.15, -0.1) is 0 Å². The summed E-state index contributed by atoms with van der Waals surface area (Å²) < 4.78 is 30.1. The van der Waals surface area contributed by atoms with E-state index < -0.39 is 35.3 Å². The third-order valence-electron chi connectivity index (χ3n) is 16.8. The lowest BCUT2D eigenvalue weighted by Gasteiger charge is -2.45. The summed E-state index contributed by atoms with van der Waals surface area (Å²) >= 11 is 20.0. The van der Waals surface area contributed by atoms with Crippen molar-refractivity contribution in [3.63, 3.8) is 0 Å². The number of hydrogen-bond donors (Lipinski definition) is 3. The van der Waals surface area contributed by atoms with Gasteiger partial charge in [0.1, 0.15) is 22.7 Å². The number of carboxylic acids is 1. The van der Waals surface area contributed by atoms with Crippen molar-refractivity contribution < 1.29 is 48.0 Å². The quantitative estimate of drug-likeness (QED) is 0.0487. The maximum atomic E-state index is 13.0. The van der Waals surface area contributed by atoms with Crippen LogP contribution >= 0.6 is 55.1 Å². The van der Waals surface area contributed by atoms with Crippen LogP contribution in [0, 0.1) is 23.7 Å². The number of piperidine rings is 2. The highest BCUT2D eigenvalue weighted by Crippen LogP contribution is 2.42. The highest BCUT2D eigenvalue weighted by atomic mass is 79.9. The first-order chi connectivity index (χ1) is 43.5. The molecule has 2 atom stereocenters. The number of benzene rings is 6. The standard InChI is InChI=1S/C36H43BrClN3O5.C35H41BrClN3O5/c1-36(2,3)46-35(43)40-17-15-27(16-18-40)33(34(42)44-4)45-31-19-28(37)29(38)20-30(31)39-21-24-22-41(23-24)32(25-11-7-5-8-12-25)26-13-9-6-10-14-26;1-35(2,3)45-34(43)39-16-14-26(15-17-39)32(33(41)42)44-30-18-27(36)28(37)19-29(30)38-20-23-21-40(22-23)31(24-10-6-4-7-11-24)25-12-8-5-9-13-25/h5-14,19-20,24,27,32-33,39H,15-18,21-23H2,1-4H3;4-13,18-19,23,26,31-32,38H,14-17,20-22H2,1-3H3,(H,41,42). The van der Waals surface area contributed by atoms with Crippen molar-refractivity contribution in [1.82, 2.24) is 19.6 Å². The summed E-state index contributed by atoms with van der Waals surface area (Å²) in [5, 5.41) is 18.3. The SMILES string of the molecule is CC(C)(C)OC(=O)N1CCC(C(Oc2cc(Br)c(Cl)cc2NCC2CN(C(c3ccccc3)c3ccccc3)C2)C(=O)O)CC1.COC(=O)C(Oc1cc(Br)c(Cl)cc1NCC1CN(C(c2ccccc2)c2ccccc2)C1)C1CCN(C(=O)OC(C)(C)C)CC1. The van der Waals surface area contributed by atoms with Crippen LogP contribution in [0.1, 0.15) is 102 Å². The Morgan fingerprint density at radius 3 is 1.15 bits per heavy atom. The van der Waals surface area contributed by atoms with Gasteiger partial charge in [0.15, 0.2) is 12.2 Å². The summed E-state index contributed by atoms with van der Waals surface area (Å²) in [7, 11) is 1.37. The van der Waals surface area contributed by atoms with Gasteiger partial charge in [-0.3, -0.25) is 9.80 Å². The number of likely N-dealkylation sites (tertiary alicyclic amines) is 4. The van der Waals surface area contributed by atoms with E-state index in [-0.39, 0.29) is 36.1 Å². The molecule has 4 aliphatic heterocycles. The molecule has 0 spiro atoms. The number of ether oxygens (including phenoxy) is 5. The van der Waals surface area contributed by atoms with Gasteiger partial charge < -0.3 is 49.2 Å². The molecular weight excluding hydrogens is 1330 g/mol. The number of hydrogen-bond acceptors (Lipinski definition) is 13. The van der Waals surface area contributed by atoms with Crippen LogP contribution in [-0.2, 0) is 23.8 Å². The molecule has 0 aliphatic carbocycles. The molecule has 0 saturated carbocycles. The summed E-state index contributed by atoms with van der Waals surface area (Å²) in [6.45, 7) is 17.9. The molecule has 10 rings (SSSR count). The molecule has 0 radical (unpaired) electrons. The summed E-state index contributed by atoms with van der Waals surface area (Å²) in [6.07, 6.45) is -0.479. The first-order valence-electron chi connectivity index (χ1n) is 31.2. The fraction of sp³-hybridized carbons (Fsp3) is 0.437. The Labute approximate surface area is 562 Å². The normalized spacial score (nSPS) is 17.0. The van der Waals surface area contributed by atoms with Crippen LogP contribution in [0.5, 0.6) is 11.5 Å². The molecular formula is C71H84Br2Cl2N6O10. The lowest BCUT2D eigenvalue weighted by molar-refractivity contribution is -0.152. The second-order valence-electron chi connectivity index (χ2n) is 25.9. The monoisotopic (exact) mass is 1410 g/mol. The minimum Gasteiger partial charge on any atom is -0.478 e. The second kappa shape index (κ2) is 31.4. The molecule has 0 aromatic heterocycles. The van der Waals surface area contributed by atoms with Gasteiger partial charge in [0, 0.05) is 98.1 Å². The van der Waals surface area contributed by atoms with Gasteiger partial charge in [-0.05, 0) is 146 Å². The Bertz CT molecular complexity index is 3300. The second-order valence-corrected chi connectivity index (χ2v) is 28.4. The van der Waals surface area contributed by atoms with E-state index in [2.05, 4.69) is 161 Å². The van der Waals surface area contributed by atoms with E-state index in [0.29, 0.717) is 106 Å². The fourth-order valence-corrected chi connectivity index (χ4v) is 13.2. The number of rotatable bonds is 20. The van der Waals surface area contributed by atoms with Crippen molar-refractivity contribution >= 4 is 90.6 Å². The topological polar surface area (TPSA) is 172 Å². The number of esters is 1. The average Bonchev–Trinajstić information content (AvgIpc) is 2.43. The van der Waals surface area contributed by atoms with Gasteiger partial charge in [0.2, 0.25) is 0 Å². The van der Waals surface area contributed by atoms with Gasteiger partial charge in [0.25, 0.3) is 0 Å². The van der Waals surface area contributed by atoms with E-state index in [4.69, 9.17) is 46.9 Å². The highest BCUT2D eigenvalue weighted by molar-refractivity contribution is 9.10. The van der Waals surface area contributed by atoms with Gasteiger partial charge in [-0.2, -0.15) is 0 Å². The molecule has 6 aromatic rings. The van der Waals surface area contributed by atoms with E-state index in [1.165, 1.54) is 29.4 Å². The minimum atomic E-state index is -1.07. The zero-order valence-corrected chi connectivity index (χ0v) is 57.5. The van der Waals surface area contributed by atoms with E-state index in [1.54, 1.807) is 28.0 Å². The summed E-state index contributed by atoms with van der Waals surface area (Å²) in [6, 6.07) is 49.9. The summed E-state index contributed by atoms with van der Waals surface area (Å²) in [5.74, 6) is -0.139. The van der Waals surface area contributed by atoms with Crippen molar-refractivity contribution in [3.8, 4) is 11.5 Å². The number of amides is 2. The van der Waals surface area contributed by atoms with Gasteiger partial charge in [-0.25, -0.2) is 19.2 Å². The number of methoxy groups -OCH3 is 1. The Morgan fingerprint density at radius 1 is 0.527 bits per heavy atom. The first kappa shape index (κ1) is 68.8. The Kier molecular flexibility index (Phi) is 23.7. The molecule has 2 unspecified atom stereocenters. The Hall–Kier alpha value is -6.54. The Balaban J connectivity index is 0.000000215. The number of anilines is 2. The van der Waals surface area contributed by atoms with Crippen LogP contribution in [0.2, 0.25) is 10.0 Å². The average molecular weight is 1410 g/mol. The molecule has 3 N–H and O–H groups in total. The fourth-order valence-electron chi connectivity index (χ4n) is 12.2. The van der Waals surface area contributed by atoms with E-state index in [1.807, 2.05) is 59.7 Å². The molecule has 20 heteroatoms. The smallest absolute Gasteiger partial charge is 0.410 e. The predicted octanol–water partition coefficient (Wildman–Crippen LogP) is 15.5. The van der Waals surface area contributed by atoms with Crippen LogP contribution in [-0.4, -0.2) is 145 Å². The van der Waals surface area contributed by atoms with Crippen LogP contribution in [0.25, 0.3) is 0 Å². The maximum Gasteiger partial charge on any atom is 0.410 e. The largest absolute Gasteiger partial charge is 0.478 e. The number of carboxylic acid groups (broad SMARTS) is 1. The minimum absolute atomic E-state index is 0.137. The van der Waals surface area contributed by atoms with Crippen LogP contribution < -0.4 is 20.1 Å². The number of nitrogens with one attached hydrogen (secondary N) is 2. The molecule has 6 aromatic carbocycles. The van der Waals surface area contributed by atoms with Crippen molar-refractivity contribution in [2.45, 2.75) is 103 Å². The number of halogens is 4. The lowest BCUT2D eigenvalue weighted by atomic mass is 9.90. The number of carbonyl (C=O) groups is 4. The van der Waals surface area contributed by atoms with Crippen molar-refractivity contribution in [2.75, 3.05) is 83.2 Å². The third-order valence-corrected chi connectivity index (χ3v) is 19.2. The van der Waals surface area contributed by atoms with Gasteiger partial charge in [-0.1, -0.05) is 145 Å². The van der Waals surface area contributed by atoms with Gasteiger partial charge >= 0.3 is 24.1 Å². The van der Waals surface area contributed by atoms with Crippen molar-refractivity contribution in [1.29, 1.82) is 0 Å². The zero-order valence-electron chi connectivity index (χ0n) is 52.8. The van der Waals surface area contributed by atoms with Crippen LogP contribution in [0.4, 0.5) is 21.0 Å². The number of aliphatic carboxylic acids is 1. The molecule has 91 heavy (non-hydrogen) atoms. The molecule has 4 aliphatic rings. The molecule has 486 valence electrons. The van der Waals surface area contributed by atoms with Crippen molar-refractivity contribution in [3.05, 3.63) is 187 Å². The highest BCUT2D eigenvalue weighted by Gasteiger charge is 2.40. The summed E-state index contributed by atoms with van der Waals surface area (Å²) in [5.41, 5.74) is 5.30. The van der Waals surface area contributed by atoms with Gasteiger partial charge in [0.05, 0.1) is 40.6 Å². The number of nitrogens with zero attached hydrogens (tertiary/aromatic N) is 4. The van der Waals surface area contributed by atoms with Crippen LogP contribution in [0.3, 0.4) is 0 Å². The van der Waals surface area contributed by atoms with E-state index >= 15 is 0 Å². The summed E-state index contributed by atoms with van der Waals surface area (Å²) in [4.78, 5) is 58.9. The van der Waals surface area contributed by atoms with E-state index in [0.717, 1.165) is 38.4 Å². The first-order valence-corrected chi connectivity index (χ1v) is 33.6. The third kappa shape index (κ3) is 18.8. The molecule has 4 saturated heterocycles. The predicted molar refractivity (Wildman–Crippen MR) is 364 cm³/mol. The van der Waals surface area contributed by atoms with Crippen molar-refractivity contribution in [2.24, 2.45) is 23.7 Å². The maximum absolute atomic E-state index is 13.0. The molecule has 0 bridgehead atoms. The molecule has 2 amide bonds. The molecule has 4 heterocycles.